The monoisotopic (exact) mass is 420 g/mol. The molecule has 2 heterocycles. The molecule has 0 fully saturated rings. The average molecular weight is 420 g/mol. The second-order valence-electron chi connectivity index (χ2n) is 8.48. The van der Waals surface area contributed by atoms with Crippen LogP contribution in [-0.4, -0.2) is 20.9 Å². The summed E-state index contributed by atoms with van der Waals surface area (Å²) in [4.78, 5) is 13.0. The zero-order chi connectivity index (χ0) is 22.5. The van der Waals surface area contributed by atoms with Crippen molar-refractivity contribution < 1.29 is 24.5 Å². The fourth-order valence-electron chi connectivity index (χ4n) is 3.60. The van der Waals surface area contributed by atoms with E-state index in [0.717, 1.165) is 5.57 Å². The third-order valence-corrected chi connectivity index (χ3v) is 5.22. The van der Waals surface area contributed by atoms with Gasteiger partial charge in [0.05, 0.1) is 5.56 Å². The van der Waals surface area contributed by atoms with Crippen molar-refractivity contribution in [3.63, 3.8) is 0 Å². The topological polar surface area (TPSA) is 100 Å². The Morgan fingerprint density at radius 3 is 2.52 bits per heavy atom. The predicted molar refractivity (Wildman–Crippen MR) is 120 cm³/mol. The Balaban J connectivity index is 2.07. The second-order valence-corrected chi connectivity index (χ2v) is 8.48. The number of rotatable bonds is 3. The number of hydrogen-bond acceptors (Lipinski definition) is 6. The lowest BCUT2D eigenvalue weighted by Crippen LogP contribution is -2.28. The molecule has 6 nitrogen and oxygen atoms in total. The highest BCUT2D eigenvalue weighted by molar-refractivity contribution is 5.94. The lowest BCUT2D eigenvalue weighted by atomic mass is 9.94. The first-order chi connectivity index (χ1) is 14.6. The van der Waals surface area contributed by atoms with E-state index in [9.17, 15) is 20.1 Å². The van der Waals surface area contributed by atoms with Gasteiger partial charge in [0.15, 0.2) is 16.9 Å². The van der Waals surface area contributed by atoms with Crippen LogP contribution in [0.4, 0.5) is 0 Å². The van der Waals surface area contributed by atoms with Gasteiger partial charge in [-0.1, -0.05) is 11.6 Å². The molecule has 1 aliphatic rings. The minimum absolute atomic E-state index is 0.0793. The molecule has 160 valence electrons. The number of allylic oxidation sites excluding steroid dienone is 2. The largest absolute Gasteiger partial charge is 0.506 e. The Morgan fingerprint density at radius 2 is 1.84 bits per heavy atom. The molecular weight excluding hydrogens is 396 g/mol. The van der Waals surface area contributed by atoms with Gasteiger partial charge in [0.25, 0.3) is 0 Å². The first kappa shape index (κ1) is 20.6. The minimum atomic E-state index is -0.590. The molecule has 0 radical (unpaired) electrons. The van der Waals surface area contributed by atoms with Gasteiger partial charge in [-0.25, -0.2) is 0 Å². The van der Waals surface area contributed by atoms with E-state index in [1.165, 1.54) is 24.3 Å². The SMILES string of the molecule is CC(C)=CCc1c2c(c(O)c3c(=O)cc(-c4ccc(O)c(O)c4)oc13)C=CC(C)(C)O2. The maximum absolute atomic E-state index is 13.0. The summed E-state index contributed by atoms with van der Waals surface area (Å²) in [6.07, 6.45) is 6.05. The van der Waals surface area contributed by atoms with E-state index in [1.807, 2.05) is 39.8 Å². The van der Waals surface area contributed by atoms with Crippen LogP contribution in [0.25, 0.3) is 28.4 Å². The highest BCUT2D eigenvalue weighted by Gasteiger charge is 2.30. The molecule has 2 aromatic carbocycles. The lowest BCUT2D eigenvalue weighted by Gasteiger charge is -2.30. The normalized spacial score (nSPS) is 14.2. The zero-order valence-electron chi connectivity index (χ0n) is 17.8. The van der Waals surface area contributed by atoms with Gasteiger partial charge < -0.3 is 24.5 Å². The summed E-state index contributed by atoms with van der Waals surface area (Å²) in [5.74, 6) is -0.106. The molecule has 3 N–H and O–H groups in total. The quantitative estimate of drug-likeness (QED) is 0.394. The molecule has 0 amide bonds. The first-order valence-electron chi connectivity index (χ1n) is 9.97. The van der Waals surface area contributed by atoms with E-state index in [2.05, 4.69) is 0 Å². The fraction of sp³-hybridized carbons (Fsp3) is 0.240. The van der Waals surface area contributed by atoms with Crippen LogP contribution in [-0.2, 0) is 6.42 Å². The van der Waals surface area contributed by atoms with Gasteiger partial charge in [-0.3, -0.25) is 4.79 Å². The van der Waals surface area contributed by atoms with E-state index in [0.29, 0.717) is 28.9 Å². The van der Waals surface area contributed by atoms with Crippen molar-refractivity contribution in [3.05, 3.63) is 63.3 Å². The van der Waals surface area contributed by atoms with E-state index in [4.69, 9.17) is 9.15 Å². The molecule has 1 aromatic heterocycles. The Labute approximate surface area is 179 Å². The van der Waals surface area contributed by atoms with Crippen LogP contribution in [0.2, 0.25) is 0 Å². The van der Waals surface area contributed by atoms with Crippen LogP contribution in [0, 0.1) is 0 Å². The maximum atomic E-state index is 13.0. The number of fused-ring (bicyclic) bond motifs is 2. The Hall–Kier alpha value is -3.67. The summed E-state index contributed by atoms with van der Waals surface area (Å²) < 4.78 is 12.3. The second kappa shape index (κ2) is 7.23. The Kier molecular flexibility index (Phi) is 4.81. The summed E-state index contributed by atoms with van der Waals surface area (Å²) >= 11 is 0. The lowest BCUT2D eigenvalue weighted by molar-refractivity contribution is 0.157. The van der Waals surface area contributed by atoms with Gasteiger partial charge in [-0.2, -0.15) is 0 Å². The highest BCUT2D eigenvalue weighted by Crippen LogP contribution is 2.45. The molecule has 0 spiro atoms. The molecule has 4 rings (SSSR count). The van der Waals surface area contributed by atoms with Gasteiger partial charge in [-0.05, 0) is 64.5 Å². The number of phenols is 3. The summed E-state index contributed by atoms with van der Waals surface area (Å²) in [7, 11) is 0. The van der Waals surface area contributed by atoms with E-state index in [-0.39, 0.29) is 34.0 Å². The number of hydrogen-bond donors (Lipinski definition) is 3. The van der Waals surface area contributed by atoms with Crippen LogP contribution < -0.4 is 10.2 Å². The van der Waals surface area contributed by atoms with Gasteiger partial charge in [0, 0.05) is 17.2 Å². The molecule has 0 unspecified atom stereocenters. The van der Waals surface area contributed by atoms with Gasteiger partial charge in [0.1, 0.15) is 33.8 Å². The molecule has 0 bridgehead atoms. The number of aromatic hydroxyl groups is 3. The van der Waals surface area contributed by atoms with Crippen LogP contribution in [0.3, 0.4) is 0 Å². The minimum Gasteiger partial charge on any atom is -0.506 e. The molecule has 0 atom stereocenters. The predicted octanol–water partition coefficient (Wildman–Crippen LogP) is 5.27. The smallest absolute Gasteiger partial charge is 0.197 e. The number of ether oxygens (including phenoxy) is 1. The van der Waals surface area contributed by atoms with Crippen molar-refractivity contribution >= 4 is 17.0 Å². The fourth-order valence-corrected chi connectivity index (χ4v) is 3.60. The molecule has 0 saturated heterocycles. The highest BCUT2D eigenvalue weighted by atomic mass is 16.5. The molecule has 0 saturated carbocycles. The van der Waals surface area contributed by atoms with Crippen LogP contribution in [0.15, 0.2) is 51.2 Å². The van der Waals surface area contributed by atoms with Crippen molar-refractivity contribution in [1.29, 1.82) is 0 Å². The van der Waals surface area contributed by atoms with Crippen molar-refractivity contribution in [1.82, 2.24) is 0 Å². The molecule has 1 aliphatic heterocycles. The summed E-state index contributed by atoms with van der Waals surface area (Å²) in [6, 6.07) is 5.44. The summed E-state index contributed by atoms with van der Waals surface area (Å²) in [5.41, 5.74) is 1.83. The number of phenolic OH excluding ortho intramolecular Hbond substituents is 3. The van der Waals surface area contributed by atoms with Gasteiger partial charge in [0.2, 0.25) is 0 Å². The van der Waals surface area contributed by atoms with Crippen LogP contribution in [0.5, 0.6) is 23.0 Å². The Bertz CT molecular complexity index is 1320. The maximum Gasteiger partial charge on any atom is 0.197 e. The van der Waals surface area contributed by atoms with E-state index < -0.39 is 11.0 Å². The van der Waals surface area contributed by atoms with E-state index in [1.54, 1.807) is 6.08 Å². The Morgan fingerprint density at radius 1 is 1.10 bits per heavy atom. The van der Waals surface area contributed by atoms with Crippen molar-refractivity contribution in [2.24, 2.45) is 0 Å². The van der Waals surface area contributed by atoms with Crippen molar-refractivity contribution in [3.8, 4) is 34.3 Å². The molecular formula is C25H24O6. The molecule has 0 aliphatic carbocycles. The average Bonchev–Trinajstić information content (AvgIpc) is 2.68. The number of benzene rings is 2. The first-order valence-corrected chi connectivity index (χ1v) is 9.97. The van der Waals surface area contributed by atoms with Crippen molar-refractivity contribution in [2.75, 3.05) is 0 Å². The van der Waals surface area contributed by atoms with Crippen LogP contribution in [0.1, 0.15) is 38.8 Å². The molecule has 6 heteroatoms. The summed E-state index contributed by atoms with van der Waals surface area (Å²) in [6.45, 7) is 7.76. The molecule has 31 heavy (non-hydrogen) atoms. The summed E-state index contributed by atoms with van der Waals surface area (Å²) in [5, 5.41) is 30.4. The van der Waals surface area contributed by atoms with Crippen LogP contribution >= 0.6 is 0 Å². The van der Waals surface area contributed by atoms with Gasteiger partial charge >= 0.3 is 0 Å². The molecule has 3 aromatic rings. The zero-order valence-corrected chi connectivity index (χ0v) is 17.8. The van der Waals surface area contributed by atoms with Crippen molar-refractivity contribution in [2.45, 2.75) is 39.7 Å². The third-order valence-electron chi connectivity index (χ3n) is 5.22. The third kappa shape index (κ3) is 3.65. The van der Waals surface area contributed by atoms with E-state index >= 15 is 0 Å². The standard InChI is InChI=1S/C25H24O6/c1-13(2)5-7-16-23-15(9-10-25(3,4)31-23)22(29)21-19(28)12-20(30-24(16)21)14-6-8-17(26)18(27)11-14/h5-6,8-12,26-27,29H,7H2,1-4H3. The van der Waals surface area contributed by atoms with Gasteiger partial charge in [-0.15, -0.1) is 0 Å².